The van der Waals surface area contributed by atoms with Crippen LogP contribution in [0.25, 0.3) is 0 Å². The molecule has 0 aromatic rings. The molecule has 1 heterocycles. The van der Waals surface area contributed by atoms with Crippen molar-refractivity contribution in [1.29, 1.82) is 0 Å². The van der Waals surface area contributed by atoms with Gasteiger partial charge in [0, 0.05) is 18.6 Å². The van der Waals surface area contributed by atoms with E-state index in [1.165, 1.54) is 0 Å². The van der Waals surface area contributed by atoms with E-state index in [0.717, 1.165) is 19.5 Å². The Kier molecular flexibility index (Phi) is 2.17. The van der Waals surface area contributed by atoms with Crippen LogP contribution in [0, 0.1) is 0 Å². The second kappa shape index (κ2) is 2.73. The minimum atomic E-state index is -0.104. The fourth-order valence-electron chi connectivity index (χ4n) is 1.53. The van der Waals surface area contributed by atoms with E-state index in [9.17, 15) is 4.79 Å². The second-order valence-electron chi connectivity index (χ2n) is 4.41. The van der Waals surface area contributed by atoms with E-state index in [-0.39, 0.29) is 11.1 Å². The summed E-state index contributed by atoms with van der Waals surface area (Å²) in [6.45, 7) is 10.1. The maximum absolute atomic E-state index is 10.8. The third-order valence-electron chi connectivity index (χ3n) is 3.29. The molecule has 0 atom stereocenters. The first kappa shape index (κ1) is 9.52. The summed E-state index contributed by atoms with van der Waals surface area (Å²) in [5, 5.41) is 3.41. The van der Waals surface area contributed by atoms with Gasteiger partial charge in [0.05, 0.1) is 5.54 Å². The van der Waals surface area contributed by atoms with Crippen molar-refractivity contribution in [1.82, 2.24) is 10.2 Å². The fourth-order valence-corrected chi connectivity index (χ4v) is 1.53. The largest absolute Gasteiger partial charge is 0.337 e. The molecule has 1 aliphatic heterocycles. The number of rotatable bonds is 1. The lowest BCUT2D eigenvalue weighted by Gasteiger charge is -2.52. The van der Waals surface area contributed by atoms with Gasteiger partial charge in [-0.15, -0.1) is 0 Å². The lowest BCUT2D eigenvalue weighted by atomic mass is 9.79. The van der Waals surface area contributed by atoms with Crippen LogP contribution in [0.5, 0.6) is 0 Å². The lowest BCUT2D eigenvalue weighted by molar-refractivity contribution is -0.128. The number of carbonyl (C=O) groups is 1. The van der Waals surface area contributed by atoms with Crippen molar-refractivity contribution in [3.63, 3.8) is 0 Å². The summed E-state index contributed by atoms with van der Waals surface area (Å²) in [4.78, 5) is 12.6. The van der Waals surface area contributed by atoms with Crippen molar-refractivity contribution >= 4 is 6.41 Å². The molecule has 0 unspecified atom stereocenters. The molecule has 0 spiro atoms. The minimum Gasteiger partial charge on any atom is -0.337 e. The van der Waals surface area contributed by atoms with Gasteiger partial charge in [0.1, 0.15) is 0 Å². The van der Waals surface area contributed by atoms with Gasteiger partial charge in [0.2, 0.25) is 6.41 Å². The Morgan fingerprint density at radius 2 is 1.92 bits per heavy atom. The molecule has 70 valence electrons. The number of nitrogens with one attached hydrogen (secondary N) is 1. The molecule has 0 aromatic heterocycles. The third-order valence-corrected chi connectivity index (χ3v) is 3.29. The Bertz CT molecular complexity index is 187. The highest BCUT2D eigenvalue weighted by molar-refractivity contribution is 5.50. The highest BCUT2D eigenvalue weighted by atomic mass is 16.1. The number of piperazine rings is 1. The van der Waals surface area contributed by atoms with E-state index in [1.54, 1.807) is 0 Å². The number of hydrogen-bond donors (Lipinski definition) is 1. The Labute approximate surface area is 74.1 Å². The molecule has 3 heteroatoms. The Morgan fingerprint density at radius 1 is 1.33 bits per heavy atom. The molecule has 1 rings (SSSR count). The van der Waals surface area contributed by atoms with Crippen LogP contribution < -0.4 is 5.32 Å². The highest BCUT2D eigenvalue weighted by Crippen LogP contribution is 2.29. The van der Waals surface area contributed by atoms with Crippen LogP contribution in [-0.2, 0) is 4.79 Å². The average Bonchev–Trinajstić information content (AvgIpc) is 1.95. The average molecular weight is 170 g/mol. The quantitative estimate of drug-likeness (QED) is 0.585. The fraction of sp³-hybridized carbons (Fsp3) is 0.889. The molecule has 1 saturated heterocycles. The Morgan fingerprint density at radius 3 is 2.33 bits per heavy atom. The number of amides is 1. The maximum atomic E-state index is 10.8. The van der Waals surface area contributed by atoms with Gasteiger partial charge in [-0.3, -0.25) is 4.79 Å². The van der Waals surface area contributed by atoms with E-state index in [4.69, 9.17) is 0 Å². The summed E-state index contributed by atoms with van der Waals surface area (Å²) in [5.74, 6) is 0. The molecule has 1 N–H and O–H groups in total. The topological polar surface area (TPSA) is 32.3 Å². The summed E-state index contributed by atoms with van der Waals surface area (Å²) in [6.07, 6.45) is 0.947. The Hall–Kier alpha value is -0.570. The second-order valence-corrected chi connectivity index (χ2v) is 4.41. The molecule has 1 aliphatic rings. The van der Waals surface area contributed by atoms with Gasteiger partial charge in [-0.1, -0.05) is 0 Å². The van der Waals surface area contributed by atoms with Gasteiger partial charge >= 0.3 is 0 Å². The zero-order valence-electron chi connectivity index (χ0n) is 8.35. The molecule has 0 aromatic carbocycles. The predicted octanol–water partition coefficient (Wildman–Crippen LogP) is 0.605. The van der Waals surface area contributed by atoms with Crippen molar-refractivity contribution in [2.24, 2.45) is 0 Å². The molecule has 1 fully saturated rings. The van der Waals surface area contributed by atoms with Crippen LogP contribution in [0.3, 0.4) is 0 Å². The van der Waals surface area contributed by atoms with Gasteiger partial charge in [0.25, 0.3) is 0 Å². The van der Waals surface area contributed by atoms with Gasteiger partial charge in [-0.05, 0) is 27.7 Å². The van der Waals surface area contributed by atoms with E-state index in [2.05, 4.69) is 33.0 Å². The van der Waals surface area contributed by atoms with Crippen molar-refractivity contribution in [3.8, 4) is 0 Å². The summed E-state index contributed by atoms with van der Waals surface area (Å²) < 4.78 is 0. The smallest absolute Gasteiger partial charge is 0.210 e. The first-order valence-corrected chi connectivity index (χ1v) is 4.39. The van der Waals surface area contributed by atoms with Crippen molar-refractivity contribution < 1.29 is 4.79 Å². The van der Waals surface area contributed by atoms with Crippen LogP contribution in [0.4, 0.5) is 0 Å². The standard InChI is InChI=1S/C9H18N2O/c1-8(2)9(3,4)11(7-12)6-5-10-8/h7,10H,5-6H2,1-4H3. The molecular weight excluding hydrogens is 152 g/mol. The summed E-state index contributed by atoms with van der Waals surface area (Å²) in [7, 11) is 0. The molecule has 0 bridgehead atoms. The van der Waals surface area contributed by atoms with Crippen molar-refractivity contribution in [3.05, 3.63) is 0 Å². The van der Waals surface area contributed by atoms with Gasteiger partial charge < -0.3 is 10.2 Å². The highest BCUT2D eigenvalue weighted by Gasteiger charge is 2.43. The van der Waals surface area contributed by atoms with Crippen LogP contribution in [0.2, 0.25) is 0 Å². The number of hydrogen-bond acceptors (Lipinski definition) is 2. The summed E-state index contributed by atoms with van der Waals surface area (Å²) in [6, 6.07) is 0. The molecular formula is C9H18N2O. The summed E-state index contributed by atoms with van der Waals surface area (Å²) in [5.41, 5.74) is -0.112. The number of nitrogens with zero attached hydrogens (tertiary/aromatic N) is 1. The van der Waals surface area contributed by atoms with Crippen molar-refractivity contribution in [2.75, 3.05) is 13.1 Å². The Balaban J connectivity index is 2.89. The third kappa shape index (κ3) is 1.22. The molecule has 1 amide bonds. The van der Waals surface area contributed by atoms with Crippen molar-refractivity contribution in [2.45, 2.75) is 38.8 Å². The summed E-state index contributed by atoms with van der Waals surface area (Å²) >= 11 is 0. The normalized spacial score (nSPS) is 26.8. The van der Waals surface area contributed by atoms with Gasteiger partial charge in [-0.2, -0.15) is 0 Å². The molecule has 3 nitrogen and oxygen atoms in total. The van der Waals surface area contributed by atoms with E-state index in [0.29, 0.717) is 0 Å². The predicted molar refractivity (Wildman–Crippen MR) is 48.9 cm³/mol. The lowest BCUT2D eigenvalue weighted by Crippen LogP contribution is -2.69. The van der Waals surface area contributed by atoms with E-state index in [1.807, 2.05) is 4.90 Å². The molecule has 0 saturated carbocycles. The maximum Gasteiger partial charge on any atom is 0.210 e. The molecule has 12 heavy (non-hydrogen) atoms. The zero-order valence-corrected chi connectivity index (χ0v) is 8.35. The van der Waals surface area contributed by atoms with Crippen LogP contribution >= 0.6 is 0 Å². The minimum absolute atomic E-state index is 0.00778. The van der Waals surface area contributed by atoms with Gasteiger partial charge in [-0.25, -0.2) is 0 Å². The van der Waals surface area contributed by atoms with Gasteiger partial charge in [0.15, 0.2) is 0 Å². The van der Waals surface area contributed by atoms with E-state index < -0.39 is 0 Å². The first-order chi connectivity index (χ1) is 5.42. The zero-order chi connectivity index (χ0) is 9.41. The van der Waals surface area contributed by atoms with E-state index >= 15 is 0 Å². The van der Waals surface area contributed by atoms with Crippen LogP contribution in [-0.4, -0.2) is 35.5 Å². The SMILES string of the molecule is CC1(C)NCCN(C=O)C1(C)C. The molecule has 0 aliphatic carbocycles. The van der Waals surface area contributed by atoms with Crippen LogP contribution in [0.15, 0.2) is 0 Å². The first-order valence-electron chi connectivity index (χ1n) is 4.39. The molecule has 0 radical (unpaired) electrons. The van der Waals surface area contributed by atoms with Crippen LogP contribution in [0.1, 0.15) is 27.7 Å². The number of carbonyl (C=O) groups excluding carboxylic acids is 1. The monoisotopic (exact) mass is 170 g/mol.